The number of non-ortho nitro benzene ring substituents is 1. The Morgan fingerprint density at radius 1 is 1.04 bits per heavy atom. The van der Waals surface area contributed by atoms with Crippen LogP contribution in [0.2, 0.25) is 0 Å². The summed E-state index contributed by atoms with van der Waals surface area (Å²) in [6.07, 6.45) is 0. The van der Waals surface area contributed by atoms with E-state index in [0.717, 1.165) is 17.7 Å². The van der Waals surface area contributed by atoms with Gasteiger partial charge in [-0.25, -0.2) is 4.79 Å². The largest absolute Gasteiger partial charge is 0.457 e. The highest BCUT2D eigenvalue weighted by Gasteiger charge is 2.20. The van der Waals surface area contributed by atoms with Crippen LogP contribution in [-0.4, -0.2) is 15.8 Å². The van der Waals surface area contributed by atoms with Crippen molar-refractivity contribution >= 4 is 17.3 Å². The van der Waals surface area contributed by atoms with E-state index in [9.17, 15) is 25.0 Å². The van der Waals surface area contributed by atoms with E-state index in [1.165, 1.54) is 6.07 Å². The Balaban J connectivity index is 2.16. The van der Waals surface area contributed by atoms with Gasteiger partial charge < -0.3 is 4.74 Å². The molecule has 0 aliphatic heterocycles. The lowest BCUT2D eigenvalue weighted by atomic mass is 10.1. The van der Waals surface area contributed by atoms with Gasteiger partial charge in [-0.2, -0.15) is 0 Å². The molecule has 118 valence electrons. The molecule has 0 atom stereocenters. The number of ether oxygens (including phenoxy) is 1. The topological polar surface area (TPSA) is 113 Å². The normalized spacial score (nSPS) is 10.1. The third kappa shape index (κ3) is 3.88. The Hall–Kier alpha value is -3.29. The Labute approximate surface area is 130 Å². The van der Waals surface area contributed by atoms with Crippen LogP contribution in [0.1, 0.15) is 21.5 Å². The first kappa shape index (κ1) is 16.1. The maximum absolute atomic E-state index is 11.9. The fourth-order valence-corrected chi connectivity index (χ4v) is 1.87. The Kier molecular flexibility index (Phi) is 4.65. The van der Waals surface area contributed by atoms with Gasteiger partial charge in [0, 0.05) is 6.07 Å². The highest BCUT2D eigenvalue weighted by Crippen LogP contribution is 2.25. The van der Waals surface area contributed by atoms with Gasteiger partial charge in [0.05, 0.1) is 27.0 Å². The highest BCUT2D eigenvalue weighted by molar-refractivity contribution is 5.89. The molecule has 0 fully saturated rings. The Morgan fingerprint density at radius 2 is 1.70 bits per heavy atom. The number of nitro benzene ring substituents is 2. The highest BCUT2D eigenvalue weighted by atomic mass is 16.6. The second kappa shape index (κ2) is 6.65. The van der Waals surface area contributed by atoms with Crippen LogP contribution in [0.5, 0.6) is 0 Å². The zero-order chi connectivity index (χ0) is 17.0. The summed E-state index contributed by atoms with van der Waals surface area (Å²) in [6.45, 7) is 1.52. The molecule has 2 rings (SSSR count). The number of esters is 1. The number of hydrogen-bond acceptors (Lipinski definition) is 6. The number of benzene rings is 2. The maximum Gasteiger partial charge on any atom is 0.338 e. The van der Waals surface area contributed by atoms with Crippen molar-refractivity contribution in [2.24, 2.45) is 0 Å². The van der Waals surface area contributed by atoms with E-state index < -0.39 is 27.2 Å². The quantitative estimate of drug-likeness (QED) is 0.475. The molecule has 0 aromatic heterocycles. The van der Waals surface area contributed by atoms with Crippen molar-refractivity contribution in [1.29, 1.82) is 0 Å². The summed E-state index contributed by atoms with van der Waals surface area (Å²) in [7, 11) is 0. The molecule has 8 heteroatoms. The van der Waals surface area contributed by atoms with E-state index >= 15 is 0 Å². The summed E-state index contributed by atoms with van der Waals surface area (Å²) in [5.41, 5.74) is 0.523. The number of aryl methyl sites for hydroxylation is 1. The average Bonchev–Trinajstić information content (AvgIpc) is 2.52. The van der Waals surface area contributed by atoms with Gasteiger partial charge in [0.1, 0.15) is 6.61 Å². The zero-order valence-electron chi connectivity index (χ0n) is 12.1. The molecule has 8 nitrogen and oxygen atoms in total. The monoisotopic (exact) mass is 316 g/mol. The van der Waals surface area contributed by atoms with Gasteiger partial charge >= 0.3 is 5.97 Å². The van der Waals surface area contributed by atoms with Crippen LogP contribution < -0.4 is 0 Å². The predicted molar refractivity (Wildman–Crippen MR) is 80.0 cm³/mol. The lowest BCUT2D eigenvalue weighted by Gasteiger charge is -2.06. The van der Waals surface area contributed by atoms with Crippen molar-refractivity contribution in [1.82, 2.24) is 0 Å². The van der Waals surface area contributed by atoms with Gasteiger partial charge in [0.15, 0.2) is 0 Å². The molecule has 0 aliphatic rings. The molecule has 23 heavy (non-hydrogen) atoms. The fraction of sp³-hybridized carbons (Fsp3) is 0.133. The van der Waals surface area contributed by atoms with Crippen molar-refractivity contribution < 1.29 is 19.4 Å². The van der Waals surface area contributed by atoms with Gasteiger partial charge in [-0.3, -0.25) is 20.2 Å². The third-order valence-electron chi connectivity index (χ3n) is 3.12. The Morgan fingerprint density at radius 3 is 2.26 bits per heavy atom. The van der Waals surface area contributed by atoms with Crippen LogP contribution in [-0.2, 0) is 11.3 Å². The predicted octanol–water partition coefficient (Wildman–Crippen LogP) is 3.17. The van der Waals surface area contributed by atoms with E-state index in [4.69, 9.17) is 4.74 Å². The lowest BCUT2D eigenvalue weighted by Crippen LogP contribution is -2.07. The summed E-state index contributed by atoms with van der Waals surface area (Å²) in [5, 5.41) is 21.7. The number of nitrogens with zero attached hydrogens (tertiary/aromatic N) is 2. The molecule has 0 saturated heterocycles. The fourth-order valence-electron chi connectivity index (χ4n) is 1.87. The molecule has 0 bridgehead atoms. The van der Waals surface area contributed by atoms with Crippen LogP contribution in [0.3, 0.4) is 0 Å². The van der Waals surface area contributed by atoms with Gasteiger partial charge in [0.2, 0.25) is 0 Å². The molecule has 0 N–H and O–H groups in total. The van der Waals surface area contributed by atoms with Gasteiger partial charge in [0.25, 0.3) is 11.4 Å². The van der Waals surface area contributed by atoms with Crippen LogP contribution in [0, 0.1) is 27.2 Å². The van der Waals surface area contributed by atoms with Gasteiger partial charge in [-0.1, -0.05) is 17.7 Å². The minimum absolute atomic E-state index is 0.0843. The van der Waals surface area contributed by atoms with Crippen molar-refractivity contribution in [2.45, 2.75) is 13.5 Å². The molecule has 0 aliphatic carbocycles. The third-order valence-corrected chi connectivity index (χ3v) is 3.12. The summed E-state index contributed by atoms with van der Waals surface area (Å²) in [4.78, 5) is 32.1. The van der Waals surface area contributed by atoms with Crippen LogP contribution >= 0.6 is 0 Å². The van der Waals surface area contributed by atoms with E-state index in [2.05, 4.69) is 0 Å². The first-order valence-corrected chi connectivity index (χ1v) is 6.54. The molecule has 0 heterocycles. The number of carbonyl (C=O) groups is 1. The van der Waals surface area contributed by atoms with E-state index in [1.54, 1.807) is 24.3 Å². The SMILES string of the molecule is Cc1ccc(C(=O)OCc2ccc([N+](=O)[O-])cc2[N+](=O)[O-])cc1. The van der Waals surface area contributed by atoms with Gasteiger partial charge in [-0.05, 0) is 25.1 Å². The van der Waals surface area contributed by atoms with E-state index in [-0.39, 0.29) is 12.2 Å². The first-order valence-electron chi connectivity index (χ1n) is 6.54. The molecule has 2 aromatic carbocycles. The molecule has 2 aromatic rings. The smallest absolute Gasteiger partial charge is 0.338 e. The maximum atomic E-state index is 11.9. The van der Waals surface area contributed by atoms with Crippen molar-refractivity contribution in [3.63, 3.8) is 0 Å². The summed E-state index contributed by atoms with van der Waals surface area (Å²) < 4.78 is 5.03. The Bertz CT molecular complexity index is 770. The number of carbonyl (C=O) groups excluding carboxylic acids is 1. The zero-order valence-corrected chi connectivity index (χ0v) is 12.1. The summed E-state index contributed by atoms with van der Waals surface area (Å²) >= 11 is 0. The molecule has 0 amide bonds. The average molecular weight is 316 g/mol. The van der Waals surface area contributed by atoms with Crippen LogP contribution in [0.25, 0.3) is 0 Å². The minimum Gasteiger partial charge on any atom is -0.457 e. The second-order valence-corrected chi connectivity index (χ2v) is 4.77. The standard InChI is InChI=1S/C15H12N2O6/c1-10-2-4-11(5-3-10)15(18)23-9-12-6-7-13(16(19)20)8-14(12)17(21)22/h2-8H,9H2,1H3. The molecular formula is C15H12N2O6. The molecule has 0 radical (unpaired) electrons. The number of rotatable bonds is 5. The molecule has 0 spiro atoms. The molecule has 0 saturated carbocycles. The van der Waals surface area contributed by atoms with Crippen LogP contribution in [0.4, 0.5) is 11.4 Å². The number of hydrogen-bond donors (Lipinski definition) is 0. The van der Waals surface area contributed by atoms with Crippen LogP contribution in [0.15, 0.2) is 42.5 Å². The lowest BCUT2D eigenvalue weighted by molar-refractivity contribution is -0.394. The minimum atomic E-state index is -0.748. The summed E-state index contributed by atoms with van der Waals surface area (Å²) in [6, 6.07) is 9.83. The number of nitro groups is 2. The summed E-state index contributed by atoms with van der Waals surface area (Å²) in [5.74, 6) is -0.627. The van der Waals surface area contributed by atoms with Crippen molar-refractivity contribution in [2.75, 3.05) is 0 Å². The van der Waals surface area contributed by atoms with Crippen molar-refractivity contribution in [3.05, 3.63) is 79.4 Å². The second-order valence-electron chi connectivity index (χ2n) is 4.77. The molecule has 0 unspecified atom stereocenters. The molecular weight excluding hydrogens is 304 g/mol. The van der Waals surface area contributed by atoms with E-state index in [0.29, 0.717) is 5.56 Å². The first-order chi connectivity index (χ1) is 10.9. The van der Waals surface area contributed by atoms with E-state index in [1.807, 2.05) is 6.92 Å². The van der Waals surface area contributed by atoms with Crippen molar-refractivity contribution in [3.8, 4) is 0 Å². The van der Waals surface area contributed by atoms with Gasteiger partial charge in [-0.15, -0.1) is 0 Å².